The third kappa shape index (κ3) is 5.71. The van der Waals surface area contributed by atoms with E-state index in [0.29, 0.717) is 25.7 Å². The number of anilines is 1. The SMILES string of the molecule is COc1ccc(N2CCN(C(=O)CN[C@H](c3ccc4c(c3)OCCCO4)C(C)C)CC2)cc1. The lowest BCUT2D eigenvalue weighted by Gasteiger charge is -2.36. The number of hydrogen-bond donors (Lipinski definition) is 1. The van der Waals surface area contributed by atoms with E-state index in [0.717, 1.165) is 61.1 Å². The van der Waals surface area contributed by atoms with Gasteiger partial charge in [-0.1, -0.05) is 19.9 Å². The van der Waals surface area contributed by atoms with E-state index in [9.17, 15) is 4.79 Å². The van der Waals surface area contributed by atoms with Crippen molar-refractivity contribution in [3.63, 3.8) is 0 Å². The smallest absolute Gasteiger partial charge is 0.236 e. The van der Waals surface area contributed by atoms with E-state index >= 15 is 0 Å². The van der Waals surface area contributed by atoms with Crippen LogP contribution in [-0.4, -0.2) is 63.9 Å². The molecule has 2 aliphatic heterocycles. The molecule has 0 spiro atoms. The van der Waals surface area contributed by atoms with Gasteiger partial charge in [-0.25, -0.2) is 0 Å². The van der Waals surface area contributed by atoms with E-state index in [4.69, 9.17) is 14.2 Å². The van der Waals surface area contributed by atoms with Crippen LogP contribution in [0.4, 0.5) is 5.69 Å². The first-order chi connectivity index (χ1) is 16.0. The molecule has 1 N–H and O–H groups in total. The fraction of sp³-hybridized carbons (Fsp3) is 0.500. The second-order valence-corrected chi connectivity index (χ2v) is 8.93. The van der Waals surface area contributed by atoms with Gasteiger partial charge in [0.15, 0.2) is 11.5 Å². The van der Waals surface area contributed by atoms with E-state index in [1.165, 1.54) is 0 Å². The van der Waals surface area contributed by atoms with Crippen molar-refractivity contribution in [1.82, 2.24) is 10.2 Å². The molecule has 1 amide bonds. The molecule has 1 saturated heterocycles. The molecule has 0 unspecified atom stereocenters. The van der Waals surface area contributed by atoms with E-state index in [2.05, 4.69) is 48.3 Å². The van der Waals surface area contributed by atoms with Crippen LogP contribution >= 0.6 is 0 Å². The fourth-order valence-corrected chi connectivity index (χ4v) is 4.43. The lowest BCUT2D eigenvalue weighted by molar-refractivity contribution is -0.130. The Hall–Kier alpha value is -2.93. The summed E-state index contributed by atoms with van der Waals surface area (Å²) in [4.78, 5) is 17.2. The molecule has 1 atom stereocenters. The largest absolute Gasteiger partial charge is 0.497 e. The van der Waals surface area contributed by atoms with Crippen LogP contribution < -0.4 is 24.4 Å². The Kier molecular flexibility index (Phi) is 7.60. The van der Waals surface area contributed by atoms with Gasteiger partial charge in [-0.15, -0.1) is 0 Å². The molecule has 0 bridgehead atoms. The Balaban J connectivity index is 1.32. The highest BCUT2D eigenvalue weighted by molar-refractivity contribution is 5.78. The first kappa shape index (κ1) is 23.2. The highest BCUT2D eigenvalue weighted by atomic mass is 16.5. The van der Waals surface area contributed by atoms with Gasteiger partial charge in [-0.3, -0.25) is 4.79 Å². The van der Waals surface area contributed by atoms with E-state index in [1.807, 2.05) is 23.1 Å². The number of amides is 1. The number of carbonyl (C=O) groups is 1. The number of benzene rings is 2. The van der Waals surface area contributed by atoms with E-state index < -0.39 is 0 Å². The first-order valence-electron chi connectivity index (χ1n) is 11.8. The van der Waals surface area contributed by atoms with Gasteiger partial charge >= 0.3 is 0 Å². The zero-order valence-corrected chi connectivity index (χ0v) is 19.9. The van der Waals surface area contributed by atoms with Crippen molar-refractivity contribution in [3.05, 3.63) is 48.0 Å². The van der Waals surface area contributed by atoms with Gasteiger partial charge in [0.25, 0.3) is 0 Å². The molecule has 178 valence electrons. The van der Waals surface area contributed by atoms with Gasteiger partial charge in [-0.2, -0.15) is 0 Å². The highest BCUT2D eigenvalue weighted by Gasteiger charge is 2.24. The minimum atomic E-state index is 0.0618. The van der Waals surface area contributed by atoms with Crippen molar-refractivity contribution in [1.29, 1.82) is 0 Å². The molecule has 4 rings (SSSR count). The molecular formula is C26H35N3O4. The number of fused-ring (bicyclic) bond motifs is 1. The molecule has 0 aliphatic carbocycles. The third-order valence-electron chi connectivity index (χ3n) is 6.34. The molecule has 2 aliphatic rings. The number of methoxy groups -OCH3 is 1. The van der Waals surface area contributed by atoms with Gasteiger partial charge in [-0.05, 0) is 47.9 Å². The van der Waals surface area contributed by atoms with Crippen LogP contribution in [0.3, 0.4) is 0 Å². The van der Waals surface area contributed by atoms with Crippen LogP contribution in [0.1, 0.15) is 31.9 Å². The Morgan fingerprint density at radius 2 is 1.70 bits per heavy atom. The lowest BCUT2D eigenvalue weighted by atomic mass is 9.95. The molecule has 0 radical (unpaired) electrons. The third-order valence-corrected chi connectivity index (χ3v) is 6.34. The fourth-order valence-electron chi connectivity index (χ4n) is 4.43. The Morgan fingerprint density at radius 1 is 1.00 bits per heavy atom. The van der Waals surface area contributed by atoms with Crippen LogP contribution in [0, 0.1) is 5.92 Å². The monoisotopic (exact) mass is 453 g/mol. The van der Waals surface area contributed by atoms with Gasteiger partial charge in [0, 0.05) is 44.3 Å². The van der Waals surface area contributed by atoms with E-state index in [-0.39, 0.29) is 11.9 Å². The molecule has 2 heterocycles. The molecule has 7 heteroatoms. The number of ether oxygens (including phenoxy) is 3. The van der Waals surface area contributed by atoms with Crippen molar-refractivity contribution >= 4 is 11.6 Å². The van der Waals surface area contributed by atoms with Crippen LogP contribution in [0.25, 0.3) is 0 Å². The van der Waals surface area contributed by atoms with Gasteiger partial charge < -0.3 is 29.3 Å². The summed E-state index contributed by atoms with van der Waals surface area (Å²) in [5, 5.41) is 3.50. The Morgan fingerprint density at radius 3 is 2.36 bits per heavy atom. The average Bonchev–Trinajstić information content (AvgIpc) is 3.09. The Bertz CT molecular complexity index is 924. The molecule has 33 heavy (non-hydrogen) atoms. The zero-order valence-electron chi connectivity index (χ0n) is 19.9. The molecular weight excluding hydrogens is 418 g/mol. The van der Waals surface area contributed by atoms with Crippen molar-refractivity contribution in [2.75, 3.05) is 57.9 Å². The number of nitrogens with one attached hydrogen (secondary N) is 1. The van der Waals surface area contributed by atoms with Gasteiger partial charge in [0.1, 0.15) is 5.75 Å². The summed E-state index contributed by atoms with van der Waals surface area (Å²) in [6.45, 7) is 9.10. The minimum absolute atomic E-state index is 0.0618. The number of nitrogens with zero attached hydrogens (tertiary/aromatic N) is 2. The minimum Gasteiger partial charge on any atom is -0.497 e. The summed E-state index contributed by atoms with van der Waals surface area (Å²) in [6, 6.07) is 14.3. The number of hydrogen-bond acceptors (Lipinski definition) is 6. The summed E-state index contributed by atoms with van der Waals surface area (Å²) < 4.78 is 16.9. The maximum absolute atomic E-state index is 12.9. The predicted octanol–water partition coefficient (Wildman–Crippen LogP) is 3.49. The highest BCUT2D eigenvalue weighted by Crippen LogP contribution is 2.34. The number of rotatable bonds is 7. The maximum atomic E-state index is 12.9. The van der Waals surface area contributed by atoms with Crippen molar-refractivity contribution in [2.45, 2.75) is 26.3 Å². The standard InChI is InChI=1S/C26H35N3O4/c1-19(2)26(20-5-10-23-24(17-20)33-16-4-15-32-23)27-18-25(30)29-13-11-28(12-14-29)21-6-8-22(31-3)9-7-21/h5-10,17,19,26-27H,4,11-16,18H2,1-3H3/t26-/m0/s1. The maximum Gasteiger partial charge on any atom is 0.236 e. The lowest BCUT2D eigenvalue weighted by Crippen LogP contribution is -2.51. The number of piperazine rings is 1. The van der Waals surface area contributed by atoms with Crippen LogP contribution in [-0.2, 0) is 4.79 Å². The van der Waals surface area contributed by atoms with Crippen molar-refractivity contribution in [2.24, 2.45) is 5.92 Å². The summed E-state index contributed by atoms with van der Waals surface area (Å²) in [5.41, 5.74) is 2.28. The molecule has 2 aromatic carbocycles. The summed E-state index contributed by atoms with van der Waals surface area (Å²) >= 11 is 0. The van der Waals surface area contributed by atoms with E-state index in [1.54, 1.807) is 7.11 Å². The normalized spacial score (nSPS) is 17.0. The van der Waals surface area contributed by atoms with Crippen molar-refractivity contribution in [3.8, 4) is 17.2 Å². The molecule has 7 nitrogen and oxygen atoms in total. The molecule has 0 aromatic heterocycles. The Labute approximate surface area is 196 Å². The quantitative estimate of drug-likeness (QED) is 0.693. The molecule has 1 fully saturated rings. The summed E-state index contributed by atoms with van der Waals surface area (Å²) in [7, 11) is 1.67. The van der Waals surface area contributed by atoms with Crippen LogP contribution in [0.2, 0.25) is 0 Å². The number of carbonyl (C=O) groups excluding carboxylic acids is 1. The second kappa shape index (κ2) is 10.8. The zero-order chi connectivity index (χ0) is 23.2. The second-order valence-electron chi connectivity index (χ2n) is 8.93. The average molecular weight is 454 g/mol. The molecule has 2 aromatic rings. The van der Waals surface area contributed by atoms with Gasteiger partial charge in [0.05, 0.1) is 26.9 Å². The summed E-state index contributed by atoms with van der Waals surface area (Å²) in [5.74, 6) is 2.91. The van der Waals surface area contributed by atoms with Crippen molar-refractivity contribution < 1.29 is 19.0 Å². The molecule has 0 saturated carbocycles. The van der Waals surface area contributed by atoms with Crippen LogP contribution in [0.15, 0.2) is 42.5 Å². The van der Waals surface area contributed by atoms with Gasteiger partial charge in [0.2, 0.25) is 5.91 Å². The summed E-state index contributed by atoms with van der Waals surface area (Å²) in [6.07, 6.45) is 0.885. The first-order valence-corrected chi connectivity index (χ1v) is 11.8. The predicted molar refractivity (Wildman–Crippen MR) is 129 cm³/mol. The topological polar surface area (TPSA) is 63.3 Å². The van der Waals surface area contributed by atoms with Crippen LogP contribution in [0.5, 0.6) is 17.2 Å².